The van der Waals surface area contributed by atoms with E-state index < -0.39 is 11.4 Å². The van der Waals surface area contributed by atoms with Crippen LogP contribution in [-0.4, -0.2) is 55.3 Å². The first-order valence-electron chi connectivity index (χ1n) is 9.80. The molecule has 0 spiro atoms. The fourth-order valence-electron chi connectivity index (χ4n) is 3.49. The molecule has 1 amide bonds. The van der Waals surface area contributed by atoms with Gasteiger partial charge < -0.3 is 14.5 Å². The normalized spacial score (nSPS) is 14.4. The smallest absolute Gasteiger partial charge is 0.410 e. The largest absolute Gasteiger partial charge is 0.444 e. The lowest BCUT2D eigenvalue weighted by Crippen LogP contribution is -2.50. The fourth-order valence-corrected chi connectivity index (χ4v) is 3.49. The van der Waals surface area contributed by atoms with E-state index in [1.807, 2.05) is 25.7 Å². The van der Waals surface area contributed by atoms with Crippen LogP contribution in [0.15, 0.2) is 36.4 Å². The number of hydrogen-bond acceptors (Lipinski definition) is 5. The second kappa shape index (κ2) is 8.65. The Balaban J connectivity index is 1.85. The van der Waals surface area contributed by atoms with E-state index in [2.05, 4.69) is 0 Å². The minimum absolute atomic E-state index is 0.0549. The zero-order valence-corrected chi connectivity index (χ0v) is 17.4. The van der Waals surface area contributed by atoms with Gasteiger partial charge in [-0.15, -0.1) is 0 Å². The van der Waals surface area contributed by atoms with Crippen molar-refractivity contribution in [2.75, 3.05) is 31.1 Å². The number of carbonyl (C=O) groups excluding carboxylic acids is 3. The van der Waals surface area contributed by atoms with Crippen LogP contribution in [0.3, 0.4) is 0 Å². The summed E-state index contributed by atoms with van der Waals surface area (Å²) >= 11 is 0. The quantitative estimate of drug-likeness (QED) is 0.705. The van der Waals surface area contributed by atoms with Gasteiger partial charge in [0.2, 0.25) is 0 Å². The molecule has 0 aliphatic carbocycles. The van der Waals surface area contributed by atoms with Crippen molar-refractivity contribution in [3.05, 3.63) is 53.3 Å². The number of piperazine rings is 1. The highest BCUT2D eigenvalue weighted by molar-refractivity contribution is 5.95. The maximum atomic E-state index is 14.7. The molecule has 30 heavy (non-hydrogen) atoms. The number of ether oxygens (including phenoxy) is 1. The summed E-state index contributed by atoms with van der Waals surface area (Å²) in [5.74, 6) is -0.650. The topological polar surface area (TPSA) is 66.9 Å². The molecule has 7 heteroatoms. The lowest BCUT2D eigenvalue weighted by atomic mass is 9.96. The first kappa shape index (κ1) is 21.5. The van der Waals surface area contributed by atoms with Crippen LogP contribution >= 0.6 is 0 Å². The minimum atomic E-state index is -0.650. The minimum Gasteiger partial charge on any atom is -0.444 e. The molecule has 1 aliphatic rings. The highest BCUT2D eigenvalue weighted by atomic mass is 19.1. The highest BCUT2D eigenvalue weighted by Gasteiger charge is 2.27. The molecule has 6 nitrogen and oxygen atoms in total. The van der Waals surface area contributed by atoms with Gasteiger partial charge in [-0.1, -0.05) is 24.3 Å². The molecule has 1 aliphatic heterocycles. The lowest BCUT2D eigenvalue weighted by Gasteiger charge is -2.37. The first-order valence-corrected chi connectivity index (χ1v) is 9.80. The van der Waals surface area contributed by atoms with Crippen molar-refractivity contribution in [1.82, 2.24) is 4.90 Å². The predicted octanol–water partition coefficient (Wildman–Crippen LogP) is 4.17. The van der Waals surface area contributed by atoms with Gasteiger partial charge in [0.15, 0.2) is 12.6 Å². The van der Waals surface area contributed by atoms with Gasteiger partial charge in [-0.05, 0) is 38.5 Å². The van der Waals surface area contributed by atoms with Crippen molar-refractivity contribution < 1.29 is 23.5 Å². The maximum Gasteiger partial charge on any atom is 0.410 e. The first-order chi connectivity index (χ1) is 14.2. The Morgan fingerprint density at radius 3 is 2.20 bits per heavy atom. The van der Waals surface area contributed by atoms with E-state index >= 15 is 0 Å². The van der Waals surface area contributed by atoms with Crippen LogP contribution in [0, 0.1) is 5.82 Å². The zero-order chi connectivity index (χ0) is 21.9. The molecular weight excluding hydrogens is 387 g/mol. The molecule has 2 aromatic rings. The molecule has 2 aromatic carbocycles. The monoisotopic (exact) mass is 412 g/mol. The Morgan fingerprint density at radius 2 is 1.60 bits per heavy atom. The highest BCUT2D eigenvalue weighted by Crippen LogP contribution is 2.33. The van der Waals surface area contributed by atoms with Gasteiger partial charge in [0.05, 0.1) is 5.56 Å². The third kappa shape index (κ3) is 4.50. The Kier molecular flexibility index (Phi) is 6.20. The van der Waals surface area contributed by atoms with E-state index in [0.717, 1.165) is 0 Å². The molecule has 1 saturated heterocycles. The molecule has 0 bridgehead atoms. The van der Waals surface area contributed by atoms with E-state index in [4.69, 9.17) is 4.74 Å². The van der Waals surface area contributed by atoms with Crippen LogP contribution in [0.25, 0.3) is 11.1 Å². The summed E-state index contributed by atoms with van der Waals surface area (Å²) in [6.07, 6.45) is 0.802. The van der Waals surface area contributed by atoms with Crippen molar-refractivity contribution in [2.45, 2.75) is 26.4 Å². The number of amides is 1. The average Bonchev–Trinajstić information content (AvgIpc) is 2.72. The molecule has 0 radical (unpaired) electrons. The number of hydrogen-bond donors (Lipinski definition) is 0. The van der Waals surface area contributed by atoms with Crippen LogP contribution in [0.2, 0.25) is 0 Å². The Bertz CT molecular complexity index is 960. The lowest BCUT2D eigenvalue weighted by molar-refractivity contribution is 0.0240. The van der Waals surface area contributed by atoms with E-state index in [0.29, 0.717) is 55.6 Å². The Hall–Kier alpha value is -3.22. The number of carbonyl (C=O) groups is 3. The molecular formula is C23H25FN2O4. The van der Waals surface area contributed by atoms with E-state index in [9.17, 15) is 18.8 Å². The van der Waals surface area contributed by atoms with Gasteiger partial charge in [-0.3, -0.25) is 9.59 Å². The van der Waals surface area contributed by atoms with E-state index in [-0.39, 0.29) is 17.2 Å². The third-order valence-electron chi connectivity index (χ3n) is 4.92. The number of benzene rings is 2. The zero-order valence-electron chi connectivity index (χ0n) is 17.4. The maximum absolute atomic E-state index is 14.7. The number of halogens is 1. The number of nitrogens with zero attached hydrogens (tertiary/aromatic N) is 2. The van der Waals surface area contributed by atoms with Crippen LogP contribution in [-0.2, 0) is 4.74 Å². The summed E-state index contributed by atoms with van der Waals surface area (Å²) in [4.78, 5) is 39.0. The number of rotatable bonds is 4. The van der Waals surface area contributed by atoms with Crippen molar-refractivity contribution in [1.29, 1.82) is 0 Å². The summed E-state index contributed by atoms with van der Waals surface area (Å²) < 4.78 is 20.1. The predicted molar refractivity (Wildman–Crippen MR) is 113 cm³/mol. The van der Waals surface area contributed by atoms with Gasteiger partial charge in [-0.2, -0.15) is 0 Å². The number of anilines is 1. The van der Waals surface area contributed by atoms with Gasteiger partial charge >= 0.3 is 6.09 Å². The summed E-state index contributed by atoms with van der Waals surface area (Å²) in [7, 11) is 0. The Labute approximate surface area is 175 Å². The summed E-state index contributed by atoms with van der Waals surface area (Å²) in [6.45, 7) is 7.39. The van der Waals surface area contributed by atoms with Crippen molar-refractivity contribution in [2.24, 2.45) is 0 Å². The van der Waals surface area contributed by atoms with Crippen molar-refractivity contribution in [3.63, 3.8) is 0 Å². The van der Waals surface area contributed by atoms with E-state index in [1.165, 1.54) is 6.07 Å². The second-order valence-corrected chi connectivity index (χ2v) is 8.14. The van der Waals surface area contributed by atoms with Gasteiger partial charge in [0.1, 0.15) is 11.4 Å². The third-order valence-corrected chi connectivity index (χ3v) is 4.92. The van der Waals surface area contributed by atoms with Gasteiger partial charge in [0.25, 0.3) is 0 Å². The molecule has 1 heterocycles. The van der Waals surface area contributed by atoms with Crippen LogP contribution in [0.1, 0.15) is 41.5 Å². The fraction of sp³-hybridized carbons (Fsp3) is 0.348. The summed E-state index contributed by atoms with van der Waals surface area (Å²) in [6, 6.07) is 9.75. The van der Waals surface area contributed by atoms with Gasteiger partial charge in [-0.25, -0.2) is 9.18 Å². The average molecular weight is 412 g/mol. The molecule has 0 N–H and O–H groups in total. The van der Waals surface area contributed by atoms with E-state index in [1.54, 1.807) is 35.2 Å². The van der Waals surface area contributed by atoms with Gasteiger partial charge in [0, 0.05) is 43.0 Å². The van der Waals surface area contributed by atoms with Crippen LogP contribution < -0.4 is 4.90 Å². The second-order valence-electron chi connectivity index (χ2n) is 8.14. The van der Waals surface area contributed by atoms with Crippen molar-refractivity contribution >= 4 is 24.4 Å². The van der Waals surface area contributed by atoms with Crippen LogP contribution in [0.4, 0.5) is 14.9 Å². The molecule has 1 fully saturated rings. The molecule has 158 valence electrons. The number of aldehydes is 2. The van der Waals surface area contributed by atoms with Crippen molar-refractivity contribution in [3.8, 4) is 11.1 Å². The molecule has 0 aromatic heterocycles. The molecule has 0 unspecified atom stereocenters. The summed E-state index contributed by atoms with van der Waals surface area (Å²) in [5.41, 5.74) is 1.04. The SMILES string of the molecule is CC(C)(C)OC(=O)N1CCN(c2cccc(-c3cccc(C=O)c3F)c2C=O)CC1. The molecule has 0 atom stereocenters. The molecule has 0 saturated carbocycles. The Morgan fingerprint density at radius 1 is 0.967 bits per heavy atom. The molecule has 3 rings (SSSR count). The van der Waals surface area contributed by atoms with Crippen LogP contribution in [0.5, 0.6) is 0 Å². The standard InChI is InChI=1S/C23H25FN2O4/c1-23(2,3)30-22(29)26-12-10-25(11-13-26)20-9-5-7-17(19(20)15-28)18-8-4-6-16(14-27)21(18)24/h4-9,14-15H,10-13H2,1-3H3. The summed E-state index contributed by atoms with van der Waals surface area (Å²) in [5, 5.41) is 0.